The van der Waals surface area contributed by atoms with E-state index in [1.807, 2.05) is 12.1 Å². The monoisotopic (exact) mass is 295 g/mol. The van der Waals surface area contributed by atoms with E-state index in [1.165, 1.54) is 0 Å². The predicted octanol–water partition coefficient (Wildman–Crippen LogP) is 1.99. The summed E-state index contributed by atoms with van der Waals surface area (Å²) in [6, 6.07) is 8.34. The van der Waals surface area contributed by atoms with E-state index < -0.39 is 0 Å². The van der Waals surface area contributed by atoms with Gasteiger partial charge in [-0.3, -0.25) is 4.79 Å². The van der Waals surface area contributed by atoms with Crippen LogP contribution in [-0.4, -0.2) is 48.3 Å². The highest BCUT2D eigenvalue weighted by molar-refractivity contribution is 6.09. The highest BCUT2D eigenvalue weighted by Gasteiger charge is 2.30. The Morgan fingerprint density at radius 2 is 1.95 bits per heavy atom. The standard InChI is InChI=1S/C18H21N3O/c1-3-20-6-8-21(9-7-20)18-15-10-13(2)4-5-14(15)11-17(22)16(18)12-19/h4-5,10H,3,6-9,11H2,1-2H3. The van der Waals surface area contributed by atoms with Crippen molar-refractivity contribution < 1.29 is 4.79 Å². The lowest BCUT2D eigenvalue weighted by Gasteiger charge is -2.38. The third-order valence-electron chi connectivity index (χ3n) is 4.63. The van der Waals surface area contributed by atoms with Gasteiger partial charge in [-0.15, -0.1) is 0 Å². The van der Waals surface area contributed by atoms with Crippen molar-refractivity contribution in [2.75, 3.05) is 32.7 Å². The summed E-state index contributed by atoms with van der Waals surface area (Å²) in [5, 5.41) is 9.49. The molecule has 0 saturated carbocycles. The summed E-state index contributed by atoms with van der Waals surface area (Å²) in [4.78, 5) is 16.9. The number of carbonyl (C=O) groups is 1. The van der Waals surface area contributed by atoms with Crippen molar-refractivity contribution >= 4 is 11.5 Å². The van der Waals surface area contributed by atoms with Crippen LogP contribution in [0.3, 0.4) is 0 Å². The molecule has 0 bridgehead atoms. The van der Waals surface area contributed by atoms with Crippen LogP contribution in [0.4, 0.5) is 0 Å². The molecule has 0 atom stereocenters. The fraction of sp³-hybridized carbons (Fsp3) is 0.444. The highest BCUT2D eigenvalue weighted by atomic mass is 16.1. The third-order valence-corrected chi connectivity index (χ3v) is 4.63. The first kappa shape index (κ1) is 14.8. The maximum Gasteiger partial charge on any atom is 0.179 e. The molecule has 1 aliphatic heterocycles. The topological polar surface area (TPSA) is 47.3 Å². The molecule has 114 valence electrons. The quantitative estimate of drug-likeness (QED) is 0.837. The van der Waals surface area contributed by atoms with Crippen molar-refractivity contribution in [3.8, 4) is 6.07 Å². The molecule has 1 heterocycles. The van der Waals surface area contributed by atoms with E-state index in [-0.39, 0.29) is 5.78 Å². The molecule has 1 aliphatic carbocycles. The number of carbonyl (C=O) groups excluding carboxylic acids is 1. The van der Waals surface area contributed by atoms with Gasteiger partial charge in [-0.05, 0) is 25.1 Å². The number of fused-ring (bicyclic) bond motifs is 1. The van der Waals surface area contributed by atoms with Gasteiger partial charge >= 0.3 is 0 Å². The van der Waals surface area contributed by atoms with Crippen LogP contribution in [-0.2, 0) is 11.2 Å². The maximum atomic E-state index is 12.3. The summed E-state index contributed by atoms with van der Waals surface area (Å²) in [6.07, 6.45) is 0.344. The molecule has 0 amide bonds. The molecule has 22 heavy (non-hydrogen) atoms. The Hall–Kier alpha value is -2.12. The van der Waals surface area contributed by atoms with Gasteiger partial charge in [-0.2, -0.15) is 5.26 Å². The fourth-order valence-corrected chi connectivity index (χ4v) is 3.32. The van der Waals surface area contributed by atoms with Gasteiger partial charge in [0.15, 0.2) is 5.78 Å². The minimum atomic E-state index is -0.0493. The third kappa shape index (κ3) is 2.53. The summed E-state index contributed by atoms with van der Waals surface area (Å²) in [6.45, 7) is 8.96. The van der Waals surface area contributed by atoms with Crippen molar-refractivity contribution in [3.05, 3.63) is 40.5 Å². The predicted molar refractivity (Wildman–Crippen MR) is 86.1 cm³/mol. The van der Waals surface area contributed by atoms with E-state index in [4.69, 9.17) is 0 Å². The van der Waals surface area contributed by atoms with E-state index in [0.717, 1.165) is 55.1 Å². The average molecular weight is 295 g/mol. The van der Waals surface area contributed by atoms with E-state index >= 15 is 0 Å². The number of aryl methyl sites for hydroxylation is 1. The number of hydrogen-bond acceptors (Lipinski definition) is 4. The highest BCUT2D eigenvalue weighted by Crippen LogP contribution is 2.33. The van der Waals surface area contributed by atoms with Crippen LogP contribution < -0.4 is 0 Å². The summed E-state index contributed by atoms with van der Waals surface area (Å²) in [5.74, 6) is -0.0493. The second-order valence-corrected chi connectivity index (χ2v) is 6.02. The Bertz CT molecular complexity index is 676. The van der Waals surface area contributed by atoms with Gasteiger partial charge in [0.1, 0.15) is 11.6 Å². The van der Waals surface area contributed by atoms with Crippen LogP contribution in [0.25, 0.3) is 5.70 Å². The average Bonchev–Trinajstić information content (AvgIpc) is 2.54. The largest absolute Gasteiger partial charge is 0.367 e. The minimum Gasteiger partial charge on any atom is -0.367 e. The molecule has 3 rings (SSSR count). The smallest absolute Gasteiger partial charge is 0.179 e. The number of allylic oxidation sites excluding steroid dienone is 1. The number of piperazine rings is 1. The van der Waals surface area contributed by atoms with Gasteiger partial charge in [0.25, 0.3) is 0 Å². The molecule has 0 aromatic heterocycles. The molecule has 1 fully saturated rings. The molecular formula is C18H21N3O. The van der Waals surface area contributed by atoms with Crippen LogP contribution in [0, 0.1) is 18.3 Å². The molecule has 0 radical (unpaired) electrons. The second kappa shape index (κ2) is 5.94. The van der Waals surface area contributed by atoms with E-state index in [2.05, 4.69) is 35.8 Å². The Morgan fingerprint density at radius 1 is 1.23 bits per heavy atom. The van der Waals surface area contributed by atoms with Gasteiger partial charge < -0.3 is 9.80 Å². The zero-order valence-corrected chi connectivity index (χ0v) is 13.2. The van der Waals surface area contributed by atoms with Crippen molar-refractivity contribution in [1.82, 2.24) is 9.80 Å². The normalized spacial score (nSPS) is 19.1. The number of nitriles is 1. The first-order valence-corrected chi connectivity index (χ1v) is 7.88. The molecule has 0 N–H and O–H groups in total. The molecule has 4 heteroatoms. The van der Waals surface area contributed by atoms with Crippen LogP contribution >= 0.6 is 0 Å². The SMILES string of the molecule is CCN1CCN(C2=C(C#N)C(=O)Cc3ccc(C)cc32)CC1. The van der Waals surface area contributed by atoms with Crippen LogP contribution in [0.2, 0.25) is 0 Å². The Morgan fingerprint density at radius 3 is 2.59 bits per heavy atom. The lowest BCUT2D eigenvalue weighted by Crippen LogP contribution is -2.46. The number of nitrogens with zero attached hydrogens (tertiary/aromatic N) is 3. The van der Waals surface area contributed by atoms with Gasteiger partial charge in [0.05, 0.1) is 5.70 Å². The summed E-state index contributed by atoms with van der Waals surface area (Å²) in [5.41, 5.74) is 4.47. The first-order chi connectivity index (χ1) is 10.6. The zero-order valence-electron chi connectivity index (χ0n) is 13.2. The second-order valence-electron chi connectivity index (χ2n) is 6.02. The lowest BCUT2D eigenvalue weighted by atomic mass is 9.87. The Balaban J connectivity index is 2.04. The number of hydrogen-bond donors (Lipinski definition) is 0. The van der Waals surface area contributed by atoms with Crippen LogP contribution in [0.5, 0.6) is 0 Å². The Kier molecular flexibility index (Phi) is 4.00. The van der Waals surface area contributed by atoms with Gasteiger partial charge in [0, 0.05) is 38.2 Å². The van der Waals surface area contributed by atoms with Gasteiger partial charge in [-0.25, -0.2) is 0 Å². The van der Waals surface area contributed by atoms with Crippen molar-refractivity contribution in [1.29, 1.82) is 5.26 Å². The molecule has 2 aliphatic rings. The first-order valence-electron chi connectivity index (χ1n) is 7.88. The number of benzene rings is 1. The van der Waals surface area contributed by atoms with Crippen molar-refractivity contribution in [3.63, 3.8) is 0 Å². The number of ketones is 1. The molecule has 4 nitrogen and oxygen atoms in total. The number of likely N-dealkylation sites (N-methyl/N-ethyl adjacent to an activating group) is 1. The molecule has 0 spiro atoms. The zero-order chi connectivity index (χ0) is 15.7. The Labute approximate surface area is 131 Å². The van der Waals surface area contributed by atoms with Crippen LogP contribution in [0.1, 0.15) is 23.6 Å². The minimum absolute atomic E-state index is 0.0493. The maximum absolute atomic E-state index is 12.3. The van der Waals surface area contributed by atoms with Crippen molar-refractivity contribution in [2.24, 2.45) is 0 Å². The van der Waals surface area contributed by atoms with Crippen molar-refractivity contribution in [2.45, 2.75) is 20.3 Å². The molecular weight excluding hydrogens is 274 g/mol. The summed E-state index contributed by atoms with van der Waals surface area (Å²) in [7, 11) is 0. The van der Waals surface area contributed by atoms with Gasteiger partial charge in [-0.1, -0.05) is 24.6 Å². The fourth-order valence-electron chi connectivity index (χ4n) is 3.32. The molecule has 1 aromatic carbocycles. The number of Topliss-reactive ketones (excluding diaryl/α,β-unsaturated/α-hetero) is 1. The van der Waals surface area contributed by atoms with E-state index in [1.54, 1.807) is 0 Å². The molecule has 1 aromatic rings. The molecule has 1 saturated heterocycles. The summed E-state index contributed by atoms with van der Waals surface area (Å²) >= 11 is 0. The number of rotatable bonds is 2. The van der Waals surface area contributed by atoms with E-state index in [9.17, 15) is 10.1 Å². The van der Waals surface area contributed by atoms with Crippen LogP contribution in [0.15, 0.2) is 23.8 Å². The summed E-state index contributed by atoms with van der Waals surface area (Å²) < 4.78 is 0. The lowest BCUT2D eigenvalue weighted by molar-refractivity contribution is -0.114. The van der Waals surface area contributed by atoms with E-state index in [0.29, 0.717) is 12.0 Å². The van der Waals surface area contributed by atoms with Gasteiger partial charge in [0.2, 0.25) is 0 Å². The molecule has 0 unspecified atom stereocenters.